The minimum atomic E-state index is -4.96. The average Bonchev–Trinajstić information content (AvgIpc) is 2.97. The van der Waals surface area contributed by atoms with Crippen LogP contribution < -0.4 is 0 Å². The number of ether oxygens (including phenoxy) is 3. The first-order chi connectivity index (χ1) is 48.2. The zero-order valence-corrected chi connectivity index (χ0v) is 62.6. The summed E-state index contributed by atoms with van der Waals surface area (Å²) in [6, 6.07) is 0. The number of phosphoric acid groups is 2. The first-order valence-corrected chi connectivity index (χ1v) is 40.1. The number of hydrogen-bond acceptors (Lipinski definition) is 14. The molecule has 0 amide bonds. The molecule has 0 radical (unpaired) electrons. The van der Waals surface area contributed by atoms with Crippen LogP contribution in [0.4, 0.5) is 0 Å². The molecule has 0 aliphatic rings. The van der Waals surface area contributed by atoms with Gasteiger partial charge >= 0.3 is 33.6 Å². The minimum absolute atomic E-state index is 0.0345. The molecule has 5 unspecified atom stereocenters. The van der Waals surface area contributed by atoms with Crippen LogP contribution in [-0.2, 0) is 55.8 Å². The Morgan fingerprint density at radius 2 is 0.525 bits per heavy atom. The number of unbranched alkanes of at least 4 members (excludes halogenated alkanes) is 15. The van der Waals surface area contributed by atoms with Crippen molar-refractivity contribution in [3.63, 3.8) is 0 Å². The van der Waals surface area contributed by atoms with Crippen molar-refractivity contribution in [2.45, 2.75) is 270 Å². The fourth-order valence-corrected chi connectivity index (χ4v) is 10.7. The van der Waals surface area contributed by atoms with Gasteiger partial charge in [0, 0.05) is 19.3 Å². The standard InChI is InChI=1S/C81H130O16P2/c1-4-7-10-13-16-19-22-25-28-31-34-35-36-37-38-39-42-44-46-49-52-55-58-61-64-67-79(84)91-70-76(82)71-93-98(87,88)94-72-77(83)73-95-99(89,90)96-75-78(97-81(86)69-66-63-60-57-54-51-48-45-41-33-30-27-24-21-18-15-12-9-6-3)74-92-80(85)68-65-62-59-56-53-50-47-43-40-32-29-26-23-20-17-14-11-8-5-2/h7-12,16-21,25-30,34-35,37-38,40-41,43,45,50,53,59,62,76-78,82-83H,4-6,13-15,22-24,31-33,36,39,42,44,46-49,51-52,54-58,60-61,63-75H2,1-3H3,(H,87,88)(H,89,90)/b10-7-,11-8-,12-9-,19-16-,20-17-,21-18-,28-25-,29-26-,30-27-,35-34-,38-37-,43-40-,45-41-,53-50-,62-59-. The summed E-state index contributed by atoms with van der Waals surface area (Å²) in [7, 11) is -9.83. The topological polar surface area (TPSA) is 231 Å². The number of carbonyl (C=O) groups is 3. The summed E-state index contributed by atoms with van der Waals surface area (Å²) >= 11 is 0. The van der Waals surface area contributed by atoms with Crippen molar-refractivity contribution >= 4 is 33.6 Å². The average molecular weight is 1420 g/mol. The summed E-state index contributed by atoms with van der Waals surface area (Å²) in [6.45, 7) is 2.20. The van der Waals surface area contributed by atoms with E-state index in [4.69, 9.17) is 32.3 Å². The predicted molar refractivity (Wildman–Crippen MR) is 408 cm³/mol. The Labute approximate surface area is 598 Å². The number of aliphatic hydroxyl groups excluding tert-OH is 2. The Bertz CT molecular complexity index is 2530. The van der Waals surface area contributed by atoms with Crippen molar-refractivity contribution in [2.75, 3.05) is 39.6 Å². The van der Waals surface area contributed by atoms with E-state index in [-0.39, 0.29) is 19.3 Å². The quantitative estimate of drug-likeness (QED) is 0.0146. The Balaban J connectivity index is 4.73. The Morgan fingerprint density at radius 3 is 0.859 bits per heavy atom. The lowest BCUT2D eigenvalue weighted by molar-refractivity contribution is -0.161. The summed E-state index contributed by atoms with van der Waals surface area (Å²) in [4.78, 5) is 58.5. The monoisotopic (exact) mass is 1420 g/mol. The molecule has 99 heavy (non-hydrogen) atoms. The van der Waals surface area contributed by atoms with Crippen molar-refractivity contribution in [3.8, 4) is 0 Å². The van der Waals surface area contributed by atoms with E-state index in [1.165, 1.54) is 25.7 Å². The number of esters is 3. The van der Waals surface area contributed by atoms with Gasteiger partial charge in [-0.2, -0.15) is 0 Å². The summed E-state index contributed by atoms with van der Waals surface area (Å²) in [6.07, 6.45) is 92.3. The highest BCUT2D eigenvalue weighted by Crippen LogP contribution is 2.45. The zero-order chi connectivity index (χ0) is 72.3. The molecule has 0 aliphatic heterocycles. The largest absolute Gasteiger partial charge is 0.472 e. The normalized spacial score (nSPS) is 15.1. The predicted octanol–water partition coefficient (Wildman–Crippen LogP) is 21.4. The molecule has 560 valence electrons. The Morgan fingerprint density at radius 1 is 0.283 bits per heavy atom. The molecule has 0 aromatic carbocycles. The number of carbonyl (C=O) groups excluding carboxylic acids is 3. The fourth-order valence-electron chi connectivity index (χ4n) is 9.08. The molecule has 0 aromatic rings. The number of phosphoric ester groups is 2. The van der Waals surface area contributed by atoms with Gasteiger partial charge in [-0.1, -0.05) is 274 Å². The van der Waals surface area contributed by atoms with Crippen LogP contribution >= 0.6 is 15.6 Å². The second kappa shape index (κ2) is 72.4. The second-order valence-electron chi connectivity index (χ2n) is 23.9. The van der Waals surface area contributed by atoms with Crippen molar-refractivity contribution < 1.29 is 75.8 Å². The van der Waals surface area contributed by atoms with Gasteiger partial charge in [-0.05, 0) is 141 Å². The van der Waals surface area contributed by atoms with E-state index < -0.39 is 91.5 Å². The summed E-state index contributed by atoms with van der Waals surface area (Å²) in [5, 5.41) is 20.6. The molecule has 0 aromatic heterocycles. The third-order valence-electron chi connectivity index (χ3n) is 14.6. The van der Waals surface area contributed by atoms with E-state index in [0.717, 1.165) is 161 Å². The van der Waals surface area contributed by atoms with Crippen molar-refractivity contribution in [2.24, 2.45) is 0 Å². The molecule has 5 atom stereocenters. The summed E-state index contributed by atoms with van der Waals surface area (Å²) in [5.41, 5.74) is 0. The van der Waals surface area contributed by atoms with Crippen LogP contribution in [0.15, 0.2) is 182 Å². The fraction of sp³-hybridized carbons (Fsp3) is 0.593. The third-order valence-corrected chi connectivity index (χ3v) is 16.5. The minimum Gasteiger partial charge on any atom is -0.463 e. The van der Waals surface area contributed by atoms with Gasteiger partial charge in [0.2, 0.25) is 0 Å². The van der Waals surface area contributed by atoms with Crippen molar-refractivity contribution in [1.29, 1.82) is 0 Å². The first-order valence-electron chi connectivity index (χ1n) is 37.1. The van der Waals surface area contributed by atoms with Gasteiger partial charge in [0.05, 0.1) is 26.4 Å². The lowest BCUT2D eigenvalue weighted by atomic mass is 10.1. The van der Waals surface area contributed by atoms with Gasteiger partial charge in [0.1, 0.15) is 25.4 Å². The molecule has 0 rings (SSSR count). The molecule has 4 N–H and O–H groups in total. The molecular formula is C81H130O16P2. The smallest absolute Gasteiger partial charge is 0.463 e. The highest BCUT2D eigenvalue weighted by molar-refractivity contribution is 7.47. The zero-order valence-electron chi connectivity index (χ0n) is 60.8. The SMILES string of the molecule is CC/C=C\C/C=C\C/C=C\C/C=C\C/C=C\C/C=C\CCC(=O)OCC(COP(=O)(O)OCC(O)COP(=O)(O)OCC(O)COC(=O)CCCCCCCCCCC/C=C\C/C=C\C/C=C\C/C=C\C/C=C\CC)OC(=O)CCCCCCCC/C=C\C/C=C\C/C=C\C/C=C\CC. The second-order valence-corrected chi connectivity index (χ2v) is 26.9. The van der Waals surface area contributed by atoms with Crippen LogP contribution in [0.3, 0.4) is 0 Å². The van der Waals surface area contributed by atoms with Gasteiger partial charge < -0.3 is 34.2 Å². The number of allylic oxidation sites excluding steroid dienone is 30. The lowest BCUT2D eigenvalue weighted by Gasteiger charge is -2.21. The van der Waals surface area contributed by atoms with E-state index in [1.807, 2.05) is 18.2 Å². The number of hydrogen-bond donors (Lipinski definition) is 4. The van der Waals surface area contributed by atoms with E-state index in [1.54, 1.807) is 0 Å². The molecule has 0 heterocycles. The molecule has 0 aliphatic carbocycles. The maximum Gasteiger partial charge on any atom is 0.472 e. The van der Waals surface area contributed by atoms with Gasteiger partial charge in [0.15, 0.2) is 6.10 Å². The summed E-state index contributed by atoms with van der Waals surface area (Å²) < 4.78 is 61.0. The van der Waals surface area contributed by atoms with Crippen LogP contribution in [0.1, 0.15) is 252 Å². The van der Waals surface area contributed by atoms with Crippen molar-refractivity contribution in [3.05, 3.63) is 182 Å². The lowest BCUT2D eigenvalue weighted by Crippen LogP contribution is -2.30. The summed E-state index contributed by atoms with van der Waals surface area (Å²) in [5.74, 6) is -1.71. The van der Waals surface area contributed by atoms with Crippen molar-refractivity contribution in [1.82, 2.24) is 0 Å². The molecule has 0 spiro atoms. The van der Waals surface area contributed by atoms with Crippen LogP contribution in [0.25, 0.3) is 0 Å². The van der Waals surface area contributed by atoms with Crippen LogP contribution in [0.5, 0.6) is 0 Å². The van der Waals surface area contributed by atoms with Gasteiger partial charge in [-0.15, -0.1) is 0 Å². The van der Waals surface area contributed by atoms with E-state index in [2.05, 4.69) is 185 Å². The van der Waals surface area contributed by atoms with E-state index >= 15 is 0 Å². The molecule has 0 saturated heterocycles. The van der Waals surface area contributed by atoms with E-state index in [0.29, 0.717) is 25.7 Å². The third kappa shape index (κ3) is 73.7. The molecule has 0 saturated carbocycles. The maximum atomic E-state index is 13.0. The number of aliphatic hydroxyl groups is 2. The van der Waals surface area contributed by atoms with Crippen LogP contribution in [-0.4, -0.2) is 95.9 Å². The Kier molecular flexibility index (Phi) is 68.5. The maximum absolute atomic E-state index is 13.0. The van der Waals surface area contributed by atoms with Gasteiger partial charge in [0.25, 0.3) is 0 Å². The Hall–Kier alpha value is -5.35. The van der Waals surface area contributed by atoms with Crippen LogP contribution in [0, 0.1) is 0 Å². The highest BCUT2D eigenvalue weighted by atomic mass is 31.2. The number of rotatable bonds is 68. The van der Waals surface area contributed by atoms with Crippen LogP contribution in [0.2, 0.25) is 0 Å². The molecule has 18 heteroatoms. The molecular weight excluding hydrogens is 1290 g/mol. The van der Waals surface area contributed by atoms with Gasteiger partial charge in [-0.3, -0.25) is 32.5 Å². The van der Waals surface area contributed by atoms with E-state index in [9.17, 15) is 43.5 Å². The first kappa shape index (κ1) is 93.6. The molecule has 16 nitrogen and oxygen atoms in total. The van der Waals surface area contributed by atoms with Gasteiger partial charge in [-0.25, -0.2) is 9.13 Å². The molecule has 0 bridgehead atoms. The highest BCUT2D eigenvalue weighted by Gasteiger charge is 2.29. The molecule has 0 fully saturated rings.